The first-order chi connectivity index (χ1) is 12.2. The molecule has 126 valence electrons. The number of hydrogen-bond donors (Lipinski definition) is 0. The molecule has 3 heteroatoms. The van der Waals surface area contributed by atoms with Crippen molar-refractivity contribution in [2.75, 3.05) is 13.0 Å². The van der Waals surface area contributed by atoms with Gasteiger partial charge in [-0.2, -0.15) is 0 Å². The first-order valence-electron chi connectivity index (χ1n) is 8.35. The Kier molecular flexibility index (Phi) is 4.41. The van der Waals surface area contributed by atoms with Gasteiger partial charge in [-0.05, 0) is 66.1 Å². The lowest BCUT2D eigenvalue weighted by molar-refractivity contribution is 0.174. The minimum atomic E-state index is 0.300. The first kappa shape index (κ1) is 16.1. The summed E-state index contributed by atoms with van der Waals surface area (Å²) >= 11 is 1.76. The molecule has 3 aromatic rings. The molecule has 0 aromatic heterocycles. The maximum atomic E-state index is 5.60. The molecule has 0 bridgehead atoms. The molecule has 0 saturated carbocycles. The van der Waals surface area contributed by atoms with E-state index in [1.54, 1.807) is 11.8 Å². The van der Waals surface area contributed by atoms with Crippen LogP contribution in [0.15, 0.2) is 65.6 Å². The predicted molar refractivity (Wildman–Crippen MR) is 104 cm³/mol. The van der Waals surface area contributed by atoms with E-state index in [1.807, 2.05) is 0 Å². The number of aryl methyl sites for hydroxylation is 1. The zero-order valence-electron chi connectivity index (χ0n) is 14.4. The Morgan fingerprint density at radius 3 is 2.40 bits per heavy atom. The van der Waals surface area contributed by atoms with Gasteiger partial charge in [-0.1, -0.05) is 42.0 Å². The number of ether oxygens (including phenoxy) is 2. The summed E-state index contributed by atoms with van der Waals surface area (Å²) in [4.78, 5) is 1.27. The lowest BCUT2D eigenvalue weighted by atomic mass is 9.94. The van der Waals surface area contributed by atoms with Crippen LogP contribution < -0.4 is 9.47 Å². The van der Waals surface area contributed by atoms with Crippen molar-refractivity contribution in [1.29, 1.82) is 0 Å². The van der Waals surface area contributed by atoms with Gasteiger partial charge >= 0.3 is 0 Å². The Hall–Kier alpha value is -2.39. The van der Waals surface area contributed by atoms with Crippen molar-refractivity contribution in [2.24, 2.45) is 0 Å². The lowest BCUT2D eigenvalue weighted by Crippen LogP contribution is -1.94. The van der Waals surface area contributed by atoms with Crippen molar-refractivity contribution in [1.82, 2.24) is 0 Å². The fraction of sp³-hybridized carbons (Fsp3) is 0.182. The molecule has 0 fully saturated rings. The van der Waals surface area contributed by atoms with Gasteiger partial charge in [0.25, 0.3) is 0 Å². The standard InChI is InChI=1S/C22H20O2S/c1-15-4-3-5-16(10-15)11-18-12-21-22(24-14-23-21)13-20(18)17-6-8-19(25-2)9-7-17/h3-10,12-13H,11,14H2,1-2H3. The second kappa shape index (κ2) is 6.85. The van der Waals surface area contributed by atoms with E-state index in [1.165, 1.54) is 32.7 Å². The second-order valence-electron chi connectivity index (χ2n) is 6.26. The van der Waals surface area contributed by atoms with Crippen LogP contribution in [-0.2, 0) is 6.42 Å². The van der Waals surface area contributed by atoms with Crippen molar-refractivity contribution in [3.8, 4) is 22.6 Å². The summed E-state index contributed by atoms with van der Waals surface area (Å²) in [5.74, 6) is 1.67. The number of fused-ring (bicyclic) bond motifs is 1. The number of hydrogen-bond acceptors (Lipinski definition) is 3. The molecule has 0 N–H and O–H groups in total. The summed E-state index contributed by atoms with van der Waals surface area (Å²) in [6.45, 7) is 2.43. The van der Waals surface area contributed by atoms with Crippen molar-refractivity contribution in [3.63, 3.8) is 0 Å². The van der Waals surface area contributed by atoms with Crippen LogP contribution in [0.25, 0.3) is 11.1 Å². The monoisotopic (exact) mass is 348 g/mol. The highest BCUT2D eigenvalue weighted by Gasteiger charge is 2.18. The zero-order valence-corrected chi connectivity index (χ0v) is 15.2. The molecular weight excluding hydrogens is 328 g/mol. The Morgan fingerprint density at radius 1 is 0.920 bits per heavy atom. The fourth-order valence-corrected chi connectivity index (χ4v) is 3.62. The molecule has 2 nitrogen and oxygen atoms in total. The van der Waals surface area contributed by atoms with Gasteiger partial charge in [0.1, 0.15) is 0 Å². The highest BCUT2D eigenvalue weighted by atomic mass is 32.2. The van der Waals surface area contributed by atoms with Crippen molar-refractivity contribution < 1.29 is 9.47 Å². The summed E-state index contributed by atoms with van der Waals surface area (Å²) in [5, 5.41) is 0. The predicted octanol–water partition coefficient (Wildman–Crippen LogP) is 5.70. The average molecular weight is 348 g/mol. The van der Waals surface area contributed by atoms with Crippen LogP contribution in [0.4, 0.5) is 0 Å². The van der Waals surface area contributed by atoms with Gasteiger partial charge in [0, 0.05) is 4.90 Å². The maximum absolute atomic E-state index is 5.60. The number of thioether (sulfide) groups is 1. The fourth-order valence-electron chi connectivity index (χ4n) is 3.21. The third-order valence-electron chi connectivity index (χ3n) is 4.48. The zero-order chi connectivity index (χ0) is 17.2. The highest BCUT2D eigenvalue weighted by molar-refractivity contribution is 7.98. The minimum Gasteiger partial charge on any atom is -0.454 e. The number of rotatable bonds is 4. The molecule has 0 atom stereocenters. The molecule has 0 saturated heterocycles. The molecule has 0 unspecified atom stereocenters. The van der Waals surface area contributed by atoms with Crippen molar-refractivity contribution in [2.45, 2.75) is 18.2 Å². The highest BCUT2D eigenvalue weighted by Crippen LogP contribution is 2.40. The quantitative estimate of drug-likeness (QED) is 0.563. The Balaban J connectivity index is 1.78. The van der Waals surface area contributed by atoms with E-state index in [9.17, 15) is 0 Å². The van der Waals surface area contributed by atoms with Gasteiger partial charge < -0.3 is 9.47 Å². The Morgan fingerprint density at radius 2 is 1.68 bits per heavy atom. The van der Waals surface area contributed by atoms with E-state index in [0.717, 1.165) is 17.9 Å². The van der Waals surface area contributed by atoms with Gasteiger partial charge in [0.05, 0.1) is 0 Å². The molecular formula is C22H20O2S. The summed E-state index contributed by atoms with van der Waals surface area (Å²) in [5.41, 5.74) is 6.26. The van der Waals surface area contributed by atoms with Crippen LogP contribution in [-0.4, -0.2) is 13.0 Å². The summed E-state index contributed by atoms with van der Waals surface area (Å²) in [6, 6.07) is 21.6. The molecule has 25 heavy (non-hydrogen) atoms. The van der Waals surface area contributed by atoms with E-state index in [4.69, 9.17) is 9.47 Å². The van der Waals surface area contributed by atoms with Crippen molar-refractivity contribution >= 4 is 11.8 Å². The Labute approximate surface area is 152 Å². The molecule has 0 amide bonds. The molecule has 0 spiro atoms. The molecule has 1 heterocycles. The molecule has 0 aliphatic carbocycles. The smallest absolute Gasteiger partial charge is 0.231 e. The second-order valence-corrected chi connectivity index (χ2v) is 7.14. The summed E-state index contributed by atoms with van der Waals surface area (Å²) in [6.07, 6.45) is 2.97. The van der Waals surface area contributed by atoms with Gasteiger partial charge in [-0.25, -0.2) is 0 Å². The lowest BCUT2D eigenvalue weighted by Gasteiger charge is -2.13. The topological polar surface area (TPSA) is 18.5 Å². The molecule has 3 aromatic carbocycles. The van der Waals surface area contributed by atoms with Crippen LogP contribution in [0.1, 0.15) is 16.7 Å². The Bertz CT molecular complexity index is 900. The minimum absolute atomic E-state index is 0.300. The third kappa shape index (κ3) is 3.38. The SMILES string of the molecule is CSc1ccc(-c2cc3c(cc2Cc2cccc(C)c2)OCO3)cc1. The van der Waals surface area contributed by atoms with Gasteiger partial charge in [0.15, 0.2) is 11.5 Å². The summed E-state index contributed by atoms with van der Waals surface area (Å²) < 4.78 is 11.2. The van der Waals surface area contributed by atoms with Crippen LogP contribution in [0.5, 0.6) is 11.5 Å². The van der Waals surface area contributed by atoms with E-state index in [2.05, 4.69) is 73.8 Å². The first-order valence-corrected chi connectivity index (χ1v) is 9.58. The normalized spacial score (nSPS) is 12.4. The van der Waals surface area contributed by atoms with Crippen LogP contribution >= 0.6 is 11.8 Å². The maximum Gasteiger partial charge on any atom is 0.231 e. The van der Waals surface area contributed by atoms with Crippen LogP contribution in [0.3, 0.4) is 0 Å². The molecule has 1 aliphatic rings. The third-order valence-corrected chi connectivity index (χ3v) is 5.22. The van der Waals surface area contributed by atoms with Crippen LogP contribution in [0.2, 0.25) is 0 Å². The van der Waals surface area contributed by atoms with Crippen molar-refractivity contribution in [3.05, 3.63) is 77.4 Å². The number of benzene rings is 3. The largest absolute Gasteiger partial charge is 0.454 e. The average Bonchev–Trinajstić information content (AvgIpc) is 3.08. The van der Waals surface area contributed by atoms with Gasteiger partial charge in [-0.3, -0.25) is 0 Å². The molecule has 0 radical (unpaired) electrons. The van der Waals surface area contributed by atoms with Gasteiger partial charge in [0.2, 0.25) is 6.79 Å². The van der Waals surface area contributed by atoms with Crippen LogP contribution in [0, 0.1) is 6.92 Å². The summed E-state index contributed by atoms with van der Waals surface area (Å²) in [7, 11) is 0. The van der Waals surface area contributed by atoms with E-state index >= 15 is 0 Å². The van der Waals surface area contributed by atoms with E-state index in [0.29, 0.717) is 6.79 Å². The van der Waals surface area contributed by atoms with Gasteiger partial charge in [-0.15, -0.1) is 11.8 Å². The van der Waals surface area contributed by atoms with E-state index < -0.39 is 0 Å². The molecule has 4 rings (SSSR count). The van der Waals surface area contributed by atoms with E-state index in [-0.39, 0.29) is 0 Å². The molecule has 1 aliphatic heterocycles.